The second-order valence-electron chi connectivity index (χ2n) is 6.17. The summed E-state index contributed by atoms with van der Waals surface area (Å²) in [5.74, 6) is 0.000358. The number of amides is 1. The van der Waals surface area contributed by atoms with Gasteiger partial charge in [-0.2, -0.15) is 0 Å². The second-order valence-corrected chi connectivity index (χ2v) is 7.48. The van der Waals surface area contributed by atoms with Gasteiger partial charge in [0.1, 0.15) is 0 Å². The summed E-state index contributed by atoms with van der Waals surface area (Å²) in [6.45, 7) is 2.10. The van der Waals surface area contributed by atoms with Gasteiger partial charge in [-0.25, -0.2) is 0 Å². The van der Waals surface area contributed by atoms with E-state index in [1.165, 1.54) is 11.8 Å². The molecule has 0 spiro atoms. The second kappa shape index (κ2) is 6.88. The Morgan fingerprint density at radius 1 is 1.11 bits per heavy atom. The van der Waals surface area contributed by atoms with Crippen molar-refractivity contribution in [2.24, 2.45) is 5.73 Å². The van der Waals surface area contributed by atoms with Crippen molar-refractivity contribution in [3.05, 3.63) is 70.5 Å². The van der Waals surface area contributed by atoms with Gasteiger partial charge in [-0.1, -0.05) is 54.2 Å². The van der Waals surface area contributed by atoms with Crippen LogP contribution in [0.25, 0.3) is 16.7 Å². The Hall–Kier alpha value is -3.13. The lowest BCUT2D eigenvalue weighted by Gasteiger charge is -2.12. The largest absolute Gasteiger partial charge is 0.369 e. The van der Waals surface area contributed by atoms with Crippen LogP contribution in [0.2, 0.25) is 0 Å². The summed E-state index contributed by atoms with van der Waals surface area (Å²) in [6.07, 6.45) is 0. The lowest BCUT2D eigenvalue weighted by atomic mass is 10.2. The highest BCUT2D eigenvalue weighted by atomic mass is 32.2. The summed E-state index contributed by atoms with van der Waals surface area (Å²) in [5.41, 5.74) is 6.95. The number of benzene rings is 2. The van der Waals surface area contributed by atoms with E-state index in [2.05, 4.69) is 10.2 Å². The number of nitrogens with zero attached hydrogens (tertiary/aromatic N) is 4. The van der Waals surface area contributed by atoms with Crippen LogP contribution in [0.1, 0.15) is 12.5 Å². The number of para-hydroxylation sites is 1. The number of nitrogens with two attached hydrogens (primary N) is 1. The monoisotopic (exact) mass is 379 g/mol. The number of fused-ring (bicyclic) bond motifs is 3. The van der Waals surface area contributed by atoms with Gasteiger partial charge in [0, 0.05) is 0 Å². The normalized spacial score (nSPS) is 12.5. The number of carbonyl (C=O) groups excluding carboxylic acids is 1. The third-order valence-corrected chi connectivity index (χ3v) is 5.41. The number of primary amides is 1. The molecule has 0 aliphatic heterocycles. The van der Waals surface area contributed by atoms with E-state index in [-0.39, 0.29) is 5.56 Å². The van der Waals surface area contributed by atoms with E-state index < -0.39 is 11.2 Å². The lowest BCUT2D eigenvalue weighted by molar-refractivity contribution is -0.117. The molecule has 0 aliphatic rings. The predicted octanol–water partition coefficient (Wildman–Crippen LogP) is 2.06. The fourth-order valence-corrected chi connectivity index (χ4v) is 3.74. The van der Waals surface area contributed by atoms with Crippen molar-refractivity contribution in [3.8, 4) is 0 Å². The van der Waals surface area contributed by atoms with E-state index in [4.69, 9.17) is 5.73 Å². The van der Waals surface area contributed by atoms with Crippen LogP contribution in [0.3, 0.4) is 0 Å². The standard InChI is InChI=1S/C19H17N5O2S/c1-12(16(20)25)27-19-22-21-18-23(11-13-7-3-2-4-8-13)17(26)14-9-5-6-10-15(14)24(18)19/h2-10,12H,11H2,1H3,(H2,20,25). The van der Waals surface area contributed by atoms with Crippen molar-refractivity contribution in [2.45, 2.75) is 23.9 Å². The molecule has 0 fully saturated rings. The number of rotatable bonds is 5. The number of thioether (sulfide) groups is 1. The van der Waals surface area contributed by atoms with Crippen LogP contribution < -0.4 is 11.3 Å². The van der Waals surface area contributed by atoms with Crippen LogP contribution in [0.15, 0.2) is 64.5 Å². The Bertz CT molecular complexity index is 1200. The molecule has 0 saturated carbocycles. The minimum absolute atomic E-state index is 0.131. The van der Waals surface area contributed by atoms with Crippen LogP contribution in [-0.4, -0.2) is 30.3 Å². The molecule has 2 N–H and O–H groups in total. The zero-order valence-corrected chi connectivity index (χ0v) is 15.4. The van der Waals surface area contributed by atoms with Gasteiger partial charge in [0.2, 0.25) is 11.7 Å². The zero-order valence-electron chi connectivity index (χ0n) is 14.6. The van der Waals surface area contributed by atoms with Crippen LogP contribution in [0.5, 0.6) is 0 Å². The van der Waals surface area contributed by atoms with Crippen LogP contribution >= 0.6 is 11.8 Å². The van der Waals surface area contributed by atoms with Crippen molar-refractivity contribution in [3.63, 3.8) is 0 Å². The molecule has 1 atom stereocenters. The smallest absolute Gasteiger partial charge is 0.263 e. The summed E-state index contributed by atoms with van der Waals surface area (Å²) in [4.78, 5) is 24.6. The fourth-order valence-electron chi connectivity index (χ4n) is 2.93. The van der Waals surface area contributed by atoms with Crippen molar-refractivity contribution >= 4 is 34.3 Å². The van der Waals surface area contributed by atoms with Crippen molar-refractivity contribution in [1.29, 1.82) is 0 Å². The topological polar surface area (TPSA) is 95.3 Å². The average molecular weight is 379 g/mol. The fraction of sp³-hybridized carbons (Fsp3) is 0.158. The van der Waals surface area contributed by atoms with Crippen molar-refractivity contribution in [2.75, 3.05) is 0 Å². The molecule has 0 aliphatic carbocycles. The Morgan fingerprint density at radius 2 is 1.81 bits per heavy atom. The lowest BCUT2D eigenvalue weighted by Crippen LogP contribution is -2.24. The van der Waals surface area contributed by atoms with Gasteiger partial charge in [0.25, 0.3) is 5.56 Å². The maximum Gasteiger partial charge on any atom is 0.263 e. The van der Waals surface area contributed by atoms with Crippen LogP contribution in [-0.2, 0) is 11.3 Å². The highest BCUT2D eigenvalue weighted by Crippen LogP contribution is 2.25. The number of carbonyl (C=O) groups is 1. The van der Waals surface area contributed by atoms with Gasteiger partial charge in [0.05, 0.1) is 22.7 Å². The molecule has 8 heteroatoms. The molecule has 0 saturated heterocycles. The number of aromatic nitrogens is 4. The van der Waals surface area contributed by atoms with Gasteiger partial charge >= 0.3 is 0 Å². The van der Waals surface area contributed by atoms with E-state index in [1.807, 2.05) is 52.9 Å². The number of hydrogen-bond acceptors (Lipinski definition) is 5. The third kappa shape index (κ3) is 3.08. The average Bonchev–Trinajstić information content (AvgIpc) is 3.09. The molecule has 2 aromatic carbocycles. The number of hydrogen-bond donors (Lipinski definition) is 1. The SMILES string of the molecule is CC(Sc1nnc2n(Cc3ccccc3)c(=O)c3ccccc3n12)C(N)=O. The Kier molecular flexibility index (Phi) is 4.41. The van der Waals surface area contributed by atoms with Gasteiger partial charge in [0.15, 0.2) is 5.16 Å². The summed E-state index contributed by atoms with van der Waals surface area (Å²) >= 11 is 1.22. The van der Waals surface area contributed by atoms with E-state index >= 15 is 0 Å². The molecule has 4 aromatic rings. The van der Waals surface area contributed by atoms with Gasteiger partial charge in [-0.05, 0) is 24.6 Å². The molecule has 0 radical (unpaired) electrons. The van der Waals surface area contributed by atoms with Crippen molar-refractivity contribution in [1.82, 2.24) is 19.2 Å². The van der Waals surface area contributed by atoms with Crippen LogP contribution in [0, 0.1) is 0 Å². The maximum absolute atomic E-state index is 13.1. The maximum atomic E-state index is 13.1. The summed E-state index contributed by atoms with van der Waals surface area (Å²) in [5, 5.41) is 9.08. The molecule has 27 heavy (non-hydrogen) atoms. The summed E-state index contributed by atoms with van der Waals surface area (Å²) in [7, 11) is 0. The minimum atomic E-state index is -0.467. The highest BCUT2D eigenvalue weighted by molar-refractivity contribution is 8.00. The minimum Gasteiger partial charge on any atom is -0.369 e. The molecular weight excluding hydrogens is 362 g/mol. The van der Waals surface area contributed by atoms with Gasteiger partial charge in [-0.15, -0.1) is 10.2 Å². The first-order chi connectivity index (χ1) is 13.1. The van der Waals surface area contributed by atoms with Crippen molar-refractivity contribution < 1.29 is 4.79 Å². The first kappa shape index (κ1) is 17.3. The Labute approximate surface area is 158 Å². The van der Waals surface area contributed by atoms with E-state index in [0.717, 1.165) is 5.56 Å². The molecule has 136 valence electrons. The quantitative estimate of drug-likeness (QED) is 0.536. The summed E-state index contributed by atoms with van der Waals surface area (Å²) in [6, 6.07) is 17.0. The molecule has 1 unspecified atom stereocenters. The molecule has 4 rings (SSSR count). The first-order valence-electron chi connectivity index (χ1n) is 8.43. The molecule has 0 bridgehead atoms. The molecule has 2 aromatic heterocycles. The molecule has 2 heterocycles. The Morgan fingerprint density at radius 3 is 2.56 bits per heavy atom. The van der Waals surface area contributed by atoms with E-state index in [1.54, 1.807) is 17.6 Å². The molecule has 1 amide bonds. The van der Waals surface area contributed by atoms with E-state index in [0.29, 0.717) is 28.4 Å². The van der Waals surface area contributed by atoms with Gasteiger partial charge in [-0.3, -0.25) is 18.6 Å². The summed E-state index contributed by atoms with van der Waals surface area (Å²) < 4.78 is 3.41. The predicted molar refractivity (Wildman–Crippen MR) is 105 cm³/mol. The molecule has 7 nitrogen and oxygen atoms in total. The molecular formula is C19H17N5O2S. The highest BCUT2D eigenvalue weighted by Gasteiger charge is 2.20. The first-order valence-corrected chi connectivity index (χ1v) is 9.31. The van der Waals surface area contributed by atoms with E-state index in [9.17, 15) is 9.59 Å². The van der Waals surface area contributed by atoms with Crippen LogP contribution in [0.4, 0.5) is 0 Å². The van der Waals surface area contributed by atoms with Gasteiger partial charge < -0.3 is 5.73 Å². The zero-order chi connectivity index (χ0) is 19.0. The third-order valence-electron chi connectivity index (χ3n) is 4.34. The Balaban J connectivity index is 1.97.